The van der Waals surface area contributed by atoms with Gasteiger partial charge in [-0.3, -0.25) is 9.36 Å². The predicted octanol–water partition coefficient (Wildman–Crippen LogP) is 4.96. The first kappa shape index (κ1) is 23.1. The Balaban J connectivity index is 1.31. The third-order valence-corrected chi connectivity index (χ3v) is 8.52. The number of nitrogens with zero attached hydrogens (tertiary/aromatic N) is 4. The maximum Gasteiger partial charge on any atom is 0.235 e. The van der Waals surface area contributed by atoms with E-state index in [2.05, 4.69) is 21.6 Å². The van der Waals surface area contributed by atoms with E-state index < -0.39 is 0 Å². The Hall–Kier alpha value is -2.61. The molecule has 3 aromatic heterocycles. The summed E-state index contributed by atoms with van der Waals surface area (Å²) >= 11 is 2.90. The first-order chi connectivity index (χ1) is 16.6. The van der Waals surface area contributed by atoms with Crippen LogP contribution < -0.4 is 5.32 Å². The molecular formula is C24H27N5O3S2. The van der Waals surface area contributed by atoms with Gasteiger partial charge in [-0.15, -0.1) is 21.5 Å². The van der Waals surface area contributed by atoms with Gasteiger partial charge in [0.05, 0.1) is 35.8 Å². The highest BCUT2D eigenvalue weighted by Crippen LogP contribution is 2.37. The standard InChI is InChI=1S/C24H27N5O3S2/c1-15-17(9-11-31-15)22-27-28-24(29(22)13-16-6-5-10-32-16)33-14-21(30)26-23-19(12-25)18-7-3-2-4-8-20(18)34-23/h9,11,16H,2-8,10,13-14H2,1H3,(H,26,30). The number of aromatic nitrogens is 3. The number of rotatable bonds is 7. The van der Waals surface area contributed by atoms with Crippen LogP contribution in [0.25, 0.3) is 11.4 Å². The van der Waals surface area contributed by atoms with Crippen LogP contribution in [0.2, 0.25) is 0 Å². The van der Waals surface area contributed by atoms with E-state index in [-0.39, 0.29) is 17.8 Å². The highest BCUT2D eigenvalue weighted by Gasteiger charge is 2.25. The van der Waals surface area contributed by atoms with Crippen LogP contribution >= 0.6 is 23.1 Å². The van der Waals surface area contributed by atoms with Crippen LogP contribution in [0, 0.1) is 18.3 Å². The first-order valence-electron chi connectivity index (χ1n) is 11.7. The van der Waals surface area contributed by atoms with Gasteiger partial charge in [-0.2, -0.15) is 5.26 Å². The minimum absolute atomic E-state index is 0.106. The van der Waals surface area contributed by atoms with Crippen LogP contribution in [0.4, 0.5) is 5.00 Å². The van der Waals surface area contributed by atoms with Crippen LogP contribution in [0.1, 0.15) is 53.9 Å². The zero-order valence-electron chi connectivity index (χ0n) is 19.1. The van der Waals surface area contributed by atoms with E-state index in [0.717, 1.165) is 67.8 Å². The van der Waals surface area contributed by atoms with E-state index in [0.29, 0.717) is 22.3 Å². The molecule has 2 aliphatic rings. The summed E-state index contributed by atoms with van der Waals surface area (Å²) in [5, 5.41) is 22.8. The minimum atomic E-state index is -0.148. The predicted molar refractivity (Wildman–Crippen MR) is 131 cm³/mol. The molecule has 0 spiro atoms. The van der Waals surface area contributed by atoms with Gasteiger partial charge >= 0.3 is 0 Å². The average molecular weight is 498 g/mol. The SMILES string of the molecule is Cc1occc1-c1nnc(SCC(=O)Nc2sc3c(c2C#N)CCCCC3)n1CC1CCCO1. The highest BCUT2D eigenvalue weighted by molar-refractivity contribution is 7.99. The molecule has 3 aromatic rings. The molecule has 5 rings (SSSR count). The number of hydrogen-bond acceptors (Lipinski definition) is 8. The van der Waals surface area contributed by atoms with Crippen molar-refractivity contribution in [2.24, 2.45) is 0 Å². The number of hydrogen-bond donors (Lipinski definition) is 1. The lowest BCUT2D eigenvalue weighted by Crippen LogP contribution is -2.18. The van der Waals surface area contributed by atoms with Crippen molar-refractivity contribution in [3.8, 4) is 17.5 Å². The number of amides is 1. The maximum absolute atomic E-state index is 12.8. The fourth-order valence-corrected chi connectivity index (χ4v) is 6.61. The topological polar surface area (TPSA) is 106 Å². The molecule has 178 valence electrons. The summed E-state index contributed by atoms with van der Waals surface area (Å²) in [4.78, 5) is 14.1. The number of thioether (sulfide) groups is 1. The molecule has 1 saturated heterocycles. The lowest BCUT2D eigenvalue weighted by Gasteiger charge is -2.14. The Labute approximate surface area is 206 Å². The molecule has 34 heavy (non-hydrogen) atoms. The van der Waals surface area contributed by atoms with Crippen molar-refractivity contribution in [1.82, 2.24) is 14.8 Å². The molecule has 10 heteroatoms. The van der Waals surface area contributed by atoms with Gasteiger partial charge in [0.2, 0.25) is 5.91 Å². The molecule has 0 bridgehead atoms. The molecule has 1 N–H and O–H groups in total. The van der Waals surface area contributed by atoms with Crippen molar-refractivity contribution in [3.05, 3.63) is 34.1 Å². The zero-order valence-corrected chi connectivity index (χ0v) is 20.8. The maximum atomic E-state index is 12.8. The summed E-state index contributed by atoms with van der Waals surface area (Å²) in [5.41, 5.74) is 2.66. The summed E-state index contributed by atoms with van der Waals surface area (Å²) in [5.74, 6) is 1.53. The quantitative estimate of drug-likeness (QED) is 0.363. The van der Waals surface area contributed by atoms with Crippen molar-refractivity contribution in [2.45, 2.75) is 69.7 Å². The second-order valence-electron chi connectivity index (χ2n) is 8.66. The normalized spacial score (nSPS) is 17.8. The monoisotopic (exact) mass is 497 g/mol. The van der Waals surface area contributed by atoms with Gasteiger partial charge in [-0.25, -0.2) is 0 Å². The largest absolute Gasteiger partial charge is 0.469 e. The number of carbonyl (C=O) groups excluding carboxylic acids is 1. The van der Waals surface area contributed by atoms with E-state index >= 15 is 0 Å². The van der Waals surface area contributed by atoms with Gasteiger partial charge in [0.1, 0.15) is 16.8 Å². The van der Waals surface area contributed by atoms with Crippen molar-refractivity contribution in [2.75, 3.05) is 17.7 Å². The van der Waals surface area contributed by atoms with Gasteiger partial charge < -0.3 is 14.5 Å². The Morgan fingerprint density at radius 1 is 1.32 bits per heavy atom. The number of furan rings is 1. The molecule has 8 nitrogen and oxygen atoms in total. The van der Waals surface area contributed by atoms with Gasteiger partial charge in [-0.05, 0) is 57.1 Å². The fraction of sp³-hybridized carbons (Fsp3) is 0.500. The molecule has 1 aliphatic carbocycles. The highest BCUT2D eigenvalue weighted by atomic mass is 32.2. The third kappa shape index (κ3) is 4.78. The van der Waals surface area contributed by atoms with Crippen molar-refractivity contribution >= 4 is 34.0 Å². The number of fused-ring (bicyclic) bond motifs is 1. The van der Waals surface area contributed by atoms with Crippen molar-refractivity contribution in [3.63, 3.8) is 0 Å². The van der Waals surface area contributed by atoms with E-state index in [9.17, 15) is 10.1 Å². The average Bonchev–Trinajstić information content (AvgIpc) is 3.60. The molecule has 1 atom stereocenters. The minimum Gasteiger partial charge on any atom is -0.469 e. The lowest BCUT2D eigenvalue weighted by atomic mass is 10.1. The van der Waals surface area contributed by atoms with Crippen LogP contribution in [-0.4, -0.2) is 39.1 Å². The molecule has 0 aromatic carbocycles. The number of carbonyl (C=O) groups is 1. The fourth-order valence-electron chi connectivity index (χ4n) is 4.61. The zero-order chi connectivity index (χ0) is 23.5. The van der Waals surface area contributed by atoms with Gasteiger partial charge in [0, 0.05) is 11.5 Å². The summed E-state index contributed by atoms with van der Waals surface area (Å²) in [6.07, 6.45) is 9.12. The van der Waals surface area contributed by atoms with Crippen LogP contribution in [0.3, 0.4) is 0 Å². The number of nitriles is 1. The second-order valence-corrected chi connectivity index (χ2v) is 10.7. The number of ether oxygens (including phenoxy) is 1. The smallest absolute Gasteiger partial charge is 0.235 e. The van der Waals surface area contributed by atoms with Gasteiger partial charge in [0.25, 0.3) is 0 Å². The molecule has 1 fully saturated rings. The van der Waals surface area contributed by atoms with Crippen LogP contribution in [0.5, 0.6) is 0 Å². The molecule has 0 saturated carbocycles. The van der Waals surface area contributed by atoms with Crippen LogP contribution in [-0.2, 0) is 28.9 Å². The first-order valence-corrected chi connectivity index (χ1v) is 13.5. The molecule has 1 unspecified atom stereocenters. The Morgan fingerprint density at radius 3 is 2.97 bits per heavy atom. The van der Waals surface area contributed by atoms with Gasteiger partial charge in [-0.1, -0.05) is 18.2 Å². The summed E-state index contributed by atoms with van der Waals surface area (Å²) in [7, 11) is 0. The molecule has 1 amide bonds. The van der Waals surface area contributed by atoms with E-state index in [1.807, 2.05) is 17.6 Å². The van der Waals surface area contributed by atoms with Crippen LogP contribution in [0.15, 0.2) is 21.9 Å². The van der Waals surface area contributed by atoms with E-state index in [1.165, 1.54) is 23.1 Å². The number of thiophene rings is 1. The Kier molecular flexibility index (Phi) is 7.04. The second kappa shape index (κ2) is 10.3. The summed E-state index contributed by atoms with van der Waals surface area (Å²) in [6, 6.07) is 4.21. The Bertz CT molecular complexity index is 1220. The number of nitrogens with one attached hydrogen (secondary N) is 1. The third-order valence-electron chi connectivity index (χ3n) is 6.35. The number of anilines is 1. The van der Waals surface area contributed by atoms with Crippen molar-refractivity contribution in [1.29, 1.82) is 5.26 Å². The summed E-state index contributed by atoms with van der Waals surface area (Å²) < 4.78 is 13.3. The van der Waals surface area contributed by atoms with Crippen molar-refractivity contribution < 1.29 is 13.9 Å². The van der Waals surface area contributed by atoms with Gasteiger partial charge in [0.15, 0.2) is 11.0 Å². The molecular weight excluding hydrogens is 470 g/mol. The molecule has 4 heterocycles. The van der Waals surface area contributed by atoms with E-state index in [4.69, 9.17) is 9.15 Å². The summed E-state index contributed by atoms with van der Waals surface area (Å²) in [6.45, 7) is 3.30. The molecule has 1 aliphatic heterocycles. The Morgan fingerprint density at radius 2 is 2.21 bits per heavy atom. The number of aryl methyl sites for hydroxylation is 2. The van der Waals surface area contributed by atoms with E-state index in [1.54, 1.807) is 17.6 Å². The molecule has 0 radical (unpaired) electrons. The lowest BCUT2D eigenvalue weighted by molar-refractivity contribution is -0.113.